The van der Waals surface area contributed by atoms with Gasteiger partial charge in [0.05, 0.1) is 29.6 Å². The fraction of sp³-hybridized carbons (Fsp3) is 0.167. The maximum Gasteiger partial charge on any atom is 0.264 e. The molecular formula is C30H29ClN4O6S. The number of halogens is 1. The molecule has 0 atom stereocenters. The summed E-state index contributed by atoms with van der Waals surface area (Å²) in [5.41, 5.74) is 4.92. The lowest BCUT2D eigenvalue weighted by molar-refractivity contribution is -0.123. The van der Waals surface area contributed by atoms with E-state index in [0.29, 0.717) is 22.1 Å². The van der Waals surface area contributed by atoms with Gasteiger partial charge in [0.1, 0.15) is 18.1 Å². The number of anilines is 1. The van der Waals surface area contributed by atoms with Crippen molar-refractivity contribution in [3.8, 4) is 5.75 Å². The lowest BCUT2D eigenvalue weighted by Crippen LogP contribution is -2.39. The van der Waals surface area contributed by atoms with Gasteiger partial charge in [0.25, 0.3) is 21.8 Å². The molecule has 0 saturated carbocycles. The van der Waals surface area contributed by atoms with Gasteiger partial charge in [0.2, 0.25) is 0 Å². The van der Waals surface area contributed by atoms with E-state index < -0.39 is 22.5 Å². The number of carbonyl (C=O) groups is 2. The molecule has 1 heterocycles. The Bertz CT molecular complexity index is 1660. The summed E-state index contributed by atoms with van der Waals surface area (Å²) in [6, 6.07) is 21.3. The van der Waals surface area contributed by atoms with Gasteiger partial charge in [-0.25, -0.2) is 13.8 Å². The monoisotopic (exact) mass is 608 g/mol. The van der Waals surface area contributed by atoms with Crippen LogP contribution in [-0.4, -0.2) is 39.6 Å². The first-order chi connectivity index (χ1) is 20.1. The van der Waals surface area contributed by atoms with E-state index in [1.165, 1.54) is 30.7 Å². The van der Waals surface area contributed by atoms with E-state index in [0.717, 1.165) is 15.4 Å². The number of amides is 2. The fourth-order valence-corrected chi connectivity index (χ4v) is 5.27. The predicted octanol–water partition coefficient (Wildman–Crippen LogP) is 4.59. The molecule has 4 rings (SSSR count). The summed E-state index contributed by atoms with van der Waals surface area (Å²) < 4.78 is 38.7. The van der Waals surface area contributed by atoms with E-state index >= 15 is 0 Å². The highest BCUT2D eigenvalue weighted by Crippen LogP contribution is 2.28. The highest BCUT2D eigenvalue weighted by atomic mass is 35.5. The van der Waals surface area contributed by atoms with E-state index in [-0.39, 0.29) is 29.6 Å². The summed E-state index contributed by atoms with van der Waals surface area (Å²) in [7, 11) is -4.09. The van der Waals surface area contributed by atoms with Gasteiger partial charge >= 0.3 is 0 Å². The van der Waals surface area contributed by atoms with Crippen molar-refractivity contribution in [2.24, 2.45) is 5.10 Å². The number of sulfonamides is 1. The first-order valence-corrected chi connectivity index (χ1v) is 14.6. The molecule has 0 spiro atoms. The van der Waals surface area contributed by atoms with Crippen LogP contribution in [0.15, 0.2) is 99.5 Å². The molecule has 0 bridgehead atoms. The molecular weight excluding hydrogens is 580 g/mol. The van der Waals surface area contributed by atoms with Crippen LogP contribution < -0.4 is 19.8 Å². The maximum absolute atomic E-state index is 13.5. The van der Waals surface area contributed by atoms with E-state index in [1.54, 1.807) is 67.6 Å². The molecule has 10 nitrogen and oxygen atoms in total. The zero-order valence-corrected chi connectivity index (χ0v) is 24.5. The smallest absolute Gasteiger partial charge is 0.264 e. The summed E-state index contributed by atoms with van der Waals surface area (Å²) in [5.74, 6) is 0.155. The van der Waals surface area contributed by atoms with Gasteiger partial charge in [-0.15, -0.1) is 0 Å². The first kappa shape index (κ1) is 30.4. The highest BCUT2D eigenvalue weighted by Gasteiger charge is 2.27. The van der Waals surface area contributed by atoms with Gasteiger partial charge in [-0.2, -0.15) is 5.10 Å². The Labute approximate surface area is 249 Å². The van der Waals surface area contributed by atoms with Gasteiger partial charge in [-0.05, 0) is 85.6 Å². The number of ether oxygens (including phenoxy) is 1. The minimum absolute atomic E-state index is 0.0402. The van der Waals surface area contributed by atoms with Crippen LogP contribution in [0.3, 0.4) is 0 Å². The van der Waals surface area contributed by atoms with Crippen LogP contribution in [0.4, 0.5) is 5.69 Å². The lowest BCUT2D eigenvalue weighted by Gasteiger charge is -2.24. The second-order valence-electron chi connectivity index (χ2n) is 9.27. The summed E-state index contributed by atoms with van der Waals surface area (Å²) in [4.78, 5) is 24.8. The standard InChI is InChI=1S/C30H29ClN4O6S/c1-21-5-13-27(14-6-21)42(38,39)35(24-10-7-22(2)28(31)16-24)19-29(36)34-33-17-23-8-11-25(12-9-23)41-20-30(37)32-18-26-4-3-15-40-26/h3-17H,18-20H2,1-2H3,(H,32,37)(H,34,36)/b33-17-. The van der Waals surface area contributed by atoms with Crippen LogP contribution >= 0.6 is 11.6 Å². The van der Waals surface area contributed by atoms with E-state index in [4.69, 9.17) is 20.8 Å². The molecule has 0 aliphatic heterocycles. The van der Waals surface area contributed by atoms with E-state index in [1.807, 2.05) is 6.92 Å². The zero-order chi connectivity index (χ0) is 30.1. The Hall–Kier alpha value is -4.61. The Morgan fingerprint density at radius 3 is 2.40 bits per heavy atom. The van der Waals surface area contributed by atoms with Crippen LogP contribution in [-0.2, 0) is 26.2 Å². The van der Waals surface area contributed by atoms with Gasteiger partial charge in [-0.1, -0.05) is 35.4 Å². The second-order valence-corrected chi connectivity index (χ2v) is 11.5. The number of rotatable bonds is 12. The van der Waals surface area contributed by atoms with Crippen molar-refractivity contribution in [3.63, 3.8) is 0 Å². The Morgan fingerprint density at radius 2 is 1.74 bits per heavy atom. The first-order valence-electron chi connectivity index (χ1n) is 12.8. The van der Waals surface area contributed by atoms with Crippen molar-refractivity contribution in [3.05, 3.63) is 113 Å². The Balaban J connectivity index is 1.35. The van der Waals surface area contributed by atoms with Crippen molar-refractivity contribution in [1.82, 2.24) is 10.7 Å². The second kappa shape index (κ2) is 13.8. The Kier molecular flexibility index (Phi) is 10.00. The topological polar surface area (TPSA) is 130 Å². The largest absolute Gasteiger partial charge is 0.484 e. The number of hydrogen-bond donors (Lipinski definition) is 2. The fourth-order valence-electron chi connectivity index (χ4n) is 3.68. The normalized spacial score (nSPS) is 11.3. The molecule has 0 aliphatic rings. The maximum atomic E-state index is 13.5. The summed E-state index contributed by atoms with van der Waals surface area (Å²) in [5, 5.41) is 7.01. The number of nitrogens with zero attached hydrogens (tertiary/aromatic N) is 2. The third-order valence-corrected chi connectivity index (χ3v) is 8.23. The van der Waals surface area contributed by atoms with E-state index in [2.05, 4.69) is 15.8 Å². The molecule has 0 saturated heterocycles. The van der Waals surface area contributed by atoms with Crippen LogP contribution in [0.5, 0.6) is 5.75 Å². The lowest BCUT2D eigenvalue weighted by atomic mass is 10.2. The average molecular weight is 609 g/mol. The molecule has 2 N–H and O–H groups in total. The SMILES string of the molecule is Cc1ccc(S(=O)(=O)N(CC(=O)N/N=C\c2ccc(OCC(=O)NCc3ccco3)cc2)c2ccc(C)c(Cl)c2)cc1. The average Bonchev–Trinajstić information content (AvgIpc) is 3.50. The number of carbonyl (C=O) groups excluding carboxylic acids is 2. The minimum atomic E-state index is -4.09. The molecule has 0 radical (unpaired) electrons. The number of nitrogens with one attached hydrogen (secondary N) is 2. The predicted molar refractivity (Wildman–Crippen MR) is 160 cm³/mol. The Morgan fingerprint density at radius 1 is 1.00 bits per heavy atom. The van der Waals surface area contributed by atoms with Crippen LogP contribution in [0.2, 0.25) is 5.02 Å². The van der Waals surface area contributed by atoms with Gasteiger partial charge < -0.3 is 14.5 Å². The van der Waals surface area contributed by atoms with Crippen LogP contribution in [0.25, 0.3) is 0 Å². The van der Waals surface area contributed by atoms with Gasteiger partial charge in [-0.3, -0.25) is 13.9 Å². The highest BCUT2D eigenvalue weighted by molar-refractivity contribution is 7.92. The van der Waals surface area contributed by atoms with Crippen LogP contribution in [0.1, 0.15) is 22.5 Å². The molecule has 4 aromatic rings. The quantitative estimate of drug-likeness (QED) is 0.179. The summed E-state index contributed by atoms with van der Waals surface area (Å²) in [6.45, 7) is 3.22. The molecule has 12 heteroatoms. The molecule has 3 aromatic carbocycles. The number of hydrogen-bond acceptors (Lipinski definition) is 7. The molecule has 1 aromatic heterocycles. The van der Waals surface area contributed by atoms with Gasteiger partial charge in [0, 0.05) is 5.02 Å². The van der Waals surface area contributed by atoms with Crippen molar-refractivity contribution < 1.29 is 27.2 Å². The minimum Gasteiger partial charge on any atom is -0.484 e. The number of benzene rings is 3. The van der Waals surface area contributed by atoms with Gasteiger partial charge in [0.15, 0.2) is 6.61 Å². The number of hydrazone groups is 1. The van der Waals surface area contributed by atoms with Crippen LogP contribution in [0, 0.1) is 13.8 Å². The van der Waals surface area contributed by atoms with Crippen molar-refractivity contribution in [2.75, 3.05) is 17.5 Å². The summed E-state index contributed by atoms with van der Waals surface area (Å²) >= 11 is 6.26. The molecule has 42 heavy (non-hydrogen) atoms. The third-order valence-electron chi connectivity index (χ3n) is 6.03. The van der Waals surface area contributed by atoms with Crippen molar-refractivity contribution in [1.29, 1.82) is 0 Å². The third kappa shape index (κ3) is 8.21. The molecule has 0 unspecified atom stereocenters. The number of furan rings is 1. The molecule has 2 amide bonds. The van der Waals surface area contributed by atoms with Crippen molar-refractivity contribution in [2.45, 2.75) is 25.3 Å². The van der Waals surface area contributed by atoms with E-state index in [9.17, 15) is 18.0 Å². The molecule has 0 aliphatic carbocycles. The molecule has 218 valence electrons. The van der Waals surface area contributed by atoms with Crippen molar-refractivity contribution >= 4 is 45.3 Å². The zero-order valence-electron chi connectivity index (χ0n) is 22.9. The molecule has 0 fully saturated rings. The number of aryl methyl sites for hydroxylation is 2. The summed E-state index contributed by atoms with van der Waals surface area (Å²) in [6.07, 6.45) is 2.93.